The summed E-state index contributed by atoms with van der Waals surface area (Å²) in [5.41, 5.74) is 1.39. The highest BCUT2D eigenvalue weighted by Gasteiger charge is 2.27. The molecule has 1 atom stereocenters. The smallest absolute Gasteiger partial charge is 0.204 e. The number of rotatable bonds is 12. The first kappa shape index (κ1) is 21.8. The maximum Gasteiger partial charge on any atom is 0.204 e. The number of benzene rings is 1. The van der Waals surface area contributed by atoms with Gasteiger partial charge in [-0.25, -0.2) is 0 Å². The summed E-state index contributed by atoms with van der Waals surface area (Å²) in [6, 6.07) is 1.82. The van der Waals surface area contributed by atoms with Crippen molar-refractivity contribution >= 4 is 21.7 Å². The van der Waals surface area contributed by atoms with E-state index in [1.165, 1.54) is 25.7 Å². The van der Waals surface area contributed by atoms with Gasteiger partial charge in [0.2, 0.25) is 5.75 Å². The van der Waals surface area contributed by atoms with Crippen molar-refractivity contribution in [2.45, 2.75) is 63.6 Å². The van der Waals surface area contributed by atoms with E-state index in [2.05, 4.69) is 22.9 Å². The molecular weight excluding hydrogens is 384 g/mol. The number of unbranched alkanes of at least 4 members (excludes halogenated alkanes) is 5. The normalized spacial score (nSPS) is 11.9. The molecule has 0 N–H and O–H groups in total. The number of carbonyl (C=O) groups excluding carboxylic acids is 1. The third-order valence-electron chi connectivity index (χ3n) is 4.37. The molecule has 142 valence electrons. The Labute approximate surface area is 160 Å². The minimum Gasteiger partial charge on any atom is -0.493 e. The largest absolute Gasteiger partial charge is 0.493 e. The number of carbonyl (C=O) groups is 1. The van der Waals surface area contributed by atoms with Gasteiger partial charge >= 0.3 is 0 Å². The molecule has 0 aliphatic rings. The second-order valence-corrected chi connectivity index (χ2v) is 7.33. The highest BCUT2D eigenvalue weighted by molar-refractivity contribution is 9.10. The van der Waals surface area contributed by atoms with Crippen LogP contribution in [0.5, 0.6) is 17.2 Å². The lowest BCUT2D eigenvalue weighted by Gasteiger charge is -2.19. The van der Waals surface area contributed by atoms with E-state index in [0.29, 0.717) is 22.8 Å². The van der Waals surface area contributed by atoms with Crippen LogP contribution < -0.4 is 14.2 Å². The Morgan fingerprint density at radius 2 is 1.60 bits per heavy atom. The van der Waals surface area contributed by atoms with Crippen molar-refractivity contribution in [3.63, 3.8) is 0 Å². The first-order chi connectivity index (χ1) is 12.0. The molecule has 0 aliphatic carbocycles. The van der Waals surface area contributed by atoms with Crippen molar-refractivity contribution in [2.75, 3.05) is 21.3 Å². The van der Waals surface area contributed by atoms with E-state index in [0.717, 1.165) is 24.8 Å². The number of Topliss-reactive ketones (excluding diaryl/α,β-unsaturated/α-hetero) is 1. The molecule has 4 nitrogen and oxygen atoms in total. The second-order valence-electron chi connectivity index (χ2n) is 6.23. The van der Waals surface area contributed by atoms with E-state index < -0.39 is 0 Å². The van der Waals surface area contributed by atoms with E-state index in [9.17, 15) is 4.79 Å². The highest BCUT2D eigenvalue weighted by atomic mass is 79.9. The Morgan fingerprint density at radius 3 is 2.16 bits per heavy atom. The van der Waals surface area contributed by atoms with Crippen LogP contribution in [0.1, 0.15) is 67.8 Å². The molecule has 0 aliphatic heterocycles. The van der Waals surface area contributed by atoms with Gasteiger partial charge in [0.15, 0.2) is 17.3 Å². The number of methoxy groups -OCH3 is 3. The van der Waals surface area contributed by atoms with Crippen LogP contribution in [0.4, 0.5) is 0 Å². The molecular formula is C20H31BrO4. The molecule has 0 heterocycles. The molecule has 0 spiro atoms. The lowest BCUT2D eigenvalue weighted by molar-refractivity contribution is 0.0983. The highest BCUT2D eigenvalue weighted by Crippen LogP contribution is 2.42. The summed E-state index contributed by atoms with van der Waals surface area (Å²) in [6.07, 6.45) is 8.08. The minimum atomic E-state index is -0.218. The molecule has 1 aromatic carbocycles. The van der Waals surface area contributed by atoms with E-state index in [1.54, 1.807) is 21.3 Å². The third-order valence-corrected chi connectivity index (χ3v) is 5.24. The molecule has 5 heteroatoms. The van der Waals surface area contributed by atoms with Gasteiger partial charge in [0.05, 0.1) is 31.7 Å². The molecule has 0 aromatic heterocycles. The number of ketones is 1. The Morgan fingerprint density at radius 1 is 1.00 bits per heavy atom. The lowest BCUT2D eigenvalue weighted by Crippen LogP contribution is -2.17. The van der Waals surface area contributed by atoms with Gasteiger partial charge in [-0.05, 0) is 25.0 Å². The fraction of sp³-hybridized carbons (Fsp3) is 0.650. The van der Waals surface area contributed by atoms with Gasteiger partial charge < -0.3 is 14.2 Å². The van der Waals surface area contributed by atoms with Crippen LogP contribution in [0.3, 0.4) is 0 Å². The van der Waals surface area contributed by atoms with Crippen molar-refractivity contribution in [1.29, 1.82) is 0 Å². The number of hydrogen-bond acceptors (Lipinski definition) is 4. The molecule has 0 fully saturated rings. The SMILES string of the molecule is CCCCCCCCC(Br)C(=O)c1c(C)cc(OC)c(OC)c1OC. The number of ether oxygens (including phenoxy) is 3. The molecule has 25 heavy (non-hydrogen) atoms. The molecule has 0 radical (unpaired) electrons. The monoisotopic (exact) mass is 414 g/mol. The summed E-state index contributed by atoms with van der Waals surface area (Å²) in [4.78, 5) is 12.7. The summed E-state index contributed by atoms with van der Waals surface area (Å²) in [7, 11) is 4.67. The van der Waals surface area contributed by atoms with Gasteiger partial charge in [-0.3, -0.25) is 4.79 Å². The van der Waals surface area contributed by atoms with E-state index >= 15 is 0 Å². The van der Waals surface area contributed by atoms with Gasteiger partial charge in [-0.2, -0.15) is 0 Å². The zero-order valence-corrected chi connectivity index (χ0v) is 17.7. The number of halogens is 1. The second kappa shape index (κ2) is 11.4. The van der Waals surface area contributed by atoms with Crippen LogP contribution in [0.2, 0.25) is 0 Å². The van der Waals surface area contributed by atoms with E-state index in [4.69, 9.17) is 14.2 Å². The van der Waals surface area contributed by atoms with Gasteiger partial charge in [0, 0.05) is 0 Å². The quantitative estimate of drug-likeness (QED) is 0.249. The first-order valence-corrected chi connectivity index (χ1v) is 9.91. The van der Waals surface area contributed by atoms with Crippen molar-refractivity contribution in [3.8, 4) is 17.2 Å². The zero-order chi connectivity index (χ0) is 18.8. The summed E-state index contributed by atoms with van der Waals surface area (Å²) >= 11 is 3.57. The van der Waals surface area contributed by atoms with Gasteiger partial charge in [-0.1, -0.05) is 61.4 Å². The molecule has 0 amide bonds. The number of alkyl halides is 1. The Hall–Kier alpha value is -1.23. The Bertz CT molecular complexity index is 557. The topological polar surface area (TPSA) is 44.8 Å². The molecule has 1 aromatic rings. The number of aryl methyl sites for hydroxylation is 1. The number of hydrogen-bond donors (Lipinski definition) is 0. The molecule has 1 unspecified atom stereocenters. The first-order valence-electron chi connectivity index (χ1n) is 8.99. The maximum atomic E-state index is 13.0. The van der Waals surface area contributed by atoms with Crippen molar-refractivity contribution < 1.29 is 19.0 Å². The van der Waals surface area contributed by atoms with Crippen LogP contribution in [-0.2, 0) is 0 Å². The van der Waals surface area contributed by atoms with E-state index in [-0.39, 0.29) is 10.6 Å². The summed E-state index contributed by atoms with van der Waals surface area (Å²) in [6.45, 7) is 4.11. The molecule has 0 bridgehead atoms. The Balaban J connectivity index is 2.86. The van der Waals surface area contributed by atoms with Crippen LogP contribution in [0, 0.1) is 6.92 Å². The van der Waals surface area contributed by atoms with Crippen LogP contribution in [0.25, 0.3) is 0 Å². The maximum absolute atomic E-state index is 13.0. The molecule has 1 rings (SSSR count). The van der Waals surface area contributed by atoms with Crippen LogP contribution >= 0.6 is 15.9 Å². The fourth-order valence-electron chi connectivity index (χ4n) is 2.98. The van der Waals surface area contributed by atoms with Crippen molar-refractivity contribution in [1.82, 2.24) is 0 Å². The van der Waals surface area contributed by atoms with Crippen LogP contribution in [-0.4, -0.2) is 31.9 Å². The Kier molecular flexibility index (Phi) is 9.94. The third kappa shape index (κ3) is 5.91. The van der Waals surface area contributed by atoms with Gasteiger partial charge in [0.25, 0.3) is 0 Å². The van der Waals surface area contributed by atoms with E-state index in [1.807, 2.05) is 13.0 Å². The summed E-state index contributed by atoms with van der Waals surface area (Å²) < 4.78 is 16.2. The molecule has 0 saturated heterocycles. The molecule has 0 saturated carbocycles. The predicted octanol–water partition coefficient (Wildman–Crippen LogP) is 5.72. The average molecular weight is 415 g/mol. The predicted molar refractivity (Wildman–Crippen MR) is 106 cm³/mol. The fourth-order valence-corrected chi connectivity index (χ4v) is 3.53. The summed E-state index contributed by atoms with van der Waals surface area (Å²) in [5.74, 6) is 1.49. The van der Waals surface area contributed by atoms with Crippen LogP contribution in [0.15, 0.2) is 6.07 Å². The van der Waals surface area contributed by atoms with Crippen molar-refractivity contribution in [2.24, 2.45) is 0 Å². The minimum absolute atomic E-state index is 0.0314. The standard InChI is InChI=1S/C20H31BrO4/c1-6-7-8-9-10-11-12-15(21)18(22)17-14(2)13-16(23-3)19(24-4)20(17)25-5/h13,15H,6-12H2,1-5H3. The van der Waals surface area contributed by atoms with Gasteiger partial charge in [-0.15, -0.1) is 0 Å². The summed E-state index contributed by atoms with van der Waals surface area (Å²) in [5, 5.41) is 0. The zero-order valence-electron chi connectivity index (χ0n) is 16.1. The van der Waals surface area contributed by atoms with Crippen molar-refractivity contribution in [3.05, 3.63) is 17.2 Å². The lowest BCUT2D eigenvalue weighted by atomic mass is 9.97. The van der Waals surface area contributed by atoms with Gasteiger partial charge in [0.1, 0.15) is 0 Å². The average Bonchev–Trinajstić information content (AvgIpc) is 2.62.